The minimum Gasteiger partial charge on any atom is -0.382 e. The van der Waals surface area contributed by atoms with Crippen LogP contribution in [0.3, 0.4) is 0 Å². The number of hydrogen-bond acceptors (Lipinski definition) is 5. The molecule has 0 amide bonds. The molecule has 0 spiro atoms. The molecule has 4 aromatic rings. The molecular formula is C23H25N5O2S. The first kappa shape index (κ1) is 20.9. The molecule has 4 rings (SSSR count). The third-order valence-electron chi connectivity index (χ3n) is 5.11. The lowest BCUT2D eigenvalue weighted by Crippen LogP contribution is -2.14. The van der Waals surface area contributed by atoms with Gasteiger partial charge in [-0.1, -0.05) is 50.6 Å². The lowest BCUT2D eigenvalue weighted by molar-refractivity contribution is 0.571. The van der Waals surface area contributed by atoms with E-state index in [1.54, 1.807) is 36.4 Å². The fourth-order valence-corrected chi connectivity index (χ4v) is 4.37. The topological polar surface area (TPSA) is 114 Å². The fraction of sp³-hybridized carbons (Fsp3) is 0.217. The number of nitrogens with two attached hydrogens (primary N) is 1. The van der Waals surface area contributed by atoms with Crippen molar-refractivity contribution < 1.29 is 8.42 Å². The second-order valence-electron chi connectivity index (χ2n) is 8.63. The molecular weight excluding hydrogens is 410 g/mol. The normalized spacial score (nSPS) is 12.3. The molecule has 160 valence electrons. The number of benzene rings is 2. The molecule has 0 radical (unpaired) electrons. The molecule has 0 saturated heterocycles. The van der Waals surface area contributed by atoms with Gasteiger partial charge in [-0.15, -0.1) is 0 Å². The maximum absolute atomic E-state index is 12.7. The largest absolute Gasteiger partial charge is 0.382 e. The summed E-state index contributed by atoms with van der Waals surface area (Å²) in [6.45, 7) is 8.19. The van der Waals surface area contributed by atoms with Gasteiger partial charge < -0.3 is 5.73 Å². The number of nitrogen functional groups attached to an aromatic ring is 1. The van der Waals surface area contributed by atoms with E-state index in [1.165, 1.54) is 0 Å². The summed E-state index contributed by atoms with van der Waals surface area (Å²) >= 11 is 0. The zero-order valence-corrected chi connectivity index (χ0v) is 18.7. The van der Waals surface area contributed by atoms with E-state index in [0.29, 0.717) is 17.2 Å². The zero-order chi connectivity index (χ0) is 22.4. The van der Waals surface area contributed by atoms with E-state index in [4.69, 9.17) is 5.73 Å². The van der Waals surface area contributed by atoms with E-state index in [0.717, 1.165) is 27.8 Å². The molecule has 2 aromatic carbocycles. The summed E-state index contributed by atoms with van der Waals surface area (Å²) in [5.74, 6) is 0.377. The molecule has 2 heterocycles. The van der Waals surface area contributed by atoms with Crippen LogP contribution in [0.2, 0.25) is 0 Å². The number of pyridine rings is 1. The Bertz CT molecular complexity index is 1350. The van der Waals surface area contributed by atoms with Gasteiger partial charge in [0.2, 0.25) is 0 Å². The van der Waals surface area contributed by atoms with Crippen LogP contribution in [0.1, 0.15) is 32.0 Å². The number of anilines is 2. The second-order valence-corrected chi connectivity index (χ2v) is 10.3. The molecule has 0 unspecified atom stereocenters. The Morgan fingerprint density at radius 2 is 1.65 bits per heavy atom. The molecule has 7 nitrogen and oxygen atoms in total. The van der Waals surface area contributed by atoms with E-state index >= 15 is 0 Å². The van der Waals surface area contributed by atoms with Crippen molar-refractivity contribution in [2.75, 3.05) is 10.5 Å². The van der Waals surface area contributed by atoms with Crippen LogP contribution in [-0.2, 0) is 15.4 Å². The van der Waals surface area contributed by atoms with Gasteiger partial charge in [0.15, 0.2) is 11.5 Å². The predicted octanol–water partition coefficient (Wildman–Crippen LogP) is 4.61. The van der Waals surface area contributed by atoms with Gasteiger partial charge in [0.05, 0.1) is 10.3 Å². The Labute approximate surface area is 181 Å². The Hall–Kier alpha value is -3.39. The highest BCUT2D eigenvalue weighted by molar-refractivity contribution is 7.92. The second kappa shape index (κ2) is 7.39. The van der Waals surface area contributed by atoms with Crippen LogP contribution in [0.4, 0.5) is 11.5 Å². The summed E-state index contributed by atoms with van der Waals surface area (Å²) < 4.78 is 27.9. The number of sulfonamides is 1. The molecule has 0 fully saturated rings. The van der Waals surface area contributed by atoms with Crippen molar-refractivity contribution in [2.24, 2.45) is 0 Å². The fourth-order valence-electron chi connectivity index (χ4n) is 3.32. The standard InChI is InChI=1S/C23H25N5O2S/c1-14-5-11-17(12-6-14)31(29,30)28-16-9-7-15(8-10-16)18-13-19(23(2,3)4)25-22-20(18)21(24)26-27-22/h5-13,28H,1-4H3,(H3,24,25,26,27). The molecule has 31 heavy (non-hydrogen) atoms. The summed E-state index contributed by atoms with van der Waals surface area (Å²) in [7, 11) is -3.66. The minimum absolute atomic E-state index is 0.160. The van der Waals surface area contributed by atoms with Crippen molar-refractivity contribution in [1.82, 2.24) is 15.2 Å². The summed E-state index contributed by atoms with van der Waals surface area (Å²) in [5, 5.41) is 7.76. The first-order chi connectivity index (χ1) is 14.5. The highest BCUT2D eigenvalue weighted by atomic mass is 32.2. The van der Waals surface area contributed by atoms with Crippen LogP contribution in [0, 0.1) is 6.92 Å². The Balaban J connectivity index is 1.71. The molecule has 0 atom stereocenters. The van der Waals surface area contributed by atoms with Crippen LogP contribution in [-0.4, -0.2) is 23.6 Å². The smallest absolute Gasteiger partial charge is 0.261 e. The van der Waals surface area contributed by atoms with Crippen molar-refractivity contribution in [2.45, 2.75) is 38.0 Å². The van der Waals surface area contributed by atoms with Gasteiger partial charge >= 0.3 is 0 Å². The Kier molecular flexibility index (Phi) is 4.97. The number of nitrogens with zero attached hydrogens (tertiary/aromatic N) is 2. The predicted molar refractivity (Wildman–Crippen MR) is 124 cm³/mol. The monoisotopic (exact) mass is 435 g/mol. The van der Waals surface area contributed by atoms with E-state index in [1.807, 2.05) is 25.1 Å². The number of rotatable bonds is 4. The van der Waals surface area contributed by atoms with Crippen molar-refractivity contribution in [3.8, 4) is 11.1 Å². The average molecular weight is 436 g/mol. The van der Waals surface area contributed by atoms with Crippen molar-refractivity contribution in [1.29, 1.82) is 0 Å². The maximum Gasteiger partial charge on any atom is 0.261 e. The lowest BCUT2D eigenvalue weighted by atomic mass is 9.89. The van der Waals surface area contributed by atoms with Crippen molar-refractivity contribution in [3.63, 3.8) is 0 Å². The summed E-state index contributed by atoms with van der Waals surface area (Å²) in [5.41, 5.74) is 10.7. The van der Waals surface area contributed by atoms with Gasteiger partial charge in [0.25, 0.3) is 10.0 Å². The molecule has 0 aliphatic heterocycles. The van der Waals surface area contributed by atoms with E-state index < -0.39 is 10.0 Å². The maximum atomic E-state index is 12.7. The highest BCUT2D eigenvalue weighted by Crippen LogP contribution is 2.35. The average Bonchev–Trinajstić information content (AvgIpc) is 3.08. The number of aromatic nitrogens is 3. The van der Waals surface area contributed by atoms with Gasteiger partial charge in [0, 0.05) is 16.8 Å². The van der Waals surface area contributed by atoms with Crippen LogP contribution >= 0.6 is 0 Å². The molecule has 0 saturated carbocycles. The number of fused-ring (bicyclic) bond motifs is 1. The molecule has 0 bridgehead atoms. The van der Waals surface area contributed by atoms with E-state index in [9.17, 15) is 8.42 Å². The summed E-state index contributed by atoms with van der Waals surface area (Å²) in [6.07, 6.45) is 0. The van der Waals surface area contributed by atoms with Gasteiger partial charge in [-0.25, -0.2) is 13.4 Å². The molecule has 8 heteroatoms. The zero-order valence-electron chi connectivity index (χ0n) is 17.9. The van der Waals surface area contributed by atoms with Crippen LogP contribution in [0.25, 0.3) is 22.2 Å². The molecule has 2 aromatic heterocycles. The van der Waals surface area contributed by atoms with Gasteiger partial charge in [0.1, 0.15) is 0 Å². The number of aromatic amines is 1. The highest BCUT2D eigenvalue weighted by Gasteiger charge is 2.21. The lowest BCUT2D eigenvalue weighted by Gasteiger charge is -2.19. The molecule has 4 N–H and O–H groups in total. The first-order valence-corrected chi connectivity index (χ1v) is 11.4. The summed E-state index contributed by atoms with van der Waals surface area (Å²) in [4.78, 5) is 4.89. The van der Waals surface area contributed by atoms with Gasteiger partial charge in [-0.3, -0.25) is 9.82 Å². The third-order valence-corrected chi connectivity index (χ3v) is 6.50. The summed E-state index contributed by atoms with van der Waals surface area (Å²) in [6, 6.07) is 15.9. The molecule has 0 aliphatic carbocycles. The van der Waals surface area contributed by atoms with Crippen LogP contribution in [0.5, 0.6) is 0 Å². The molecule has 0 aliphatic rings. The first-order valence-electron chi connectivity index (χ1n) is 9.89. The quantitative estimate of drug-likeness (QED) is 0.433. The number of aryl methyl sites for hydroxylation is 1. The third kappa shape index (κ3) is 4.11. The van der Waals surface area contributed by atoms with Crippen molar-refractivity contribution in [3.05, 3.63) is 65.9 Å². The van der Waals surface area contributed by atoms with Gasteiger partial charge in [-0.05, 0) is 48.4 Å². The van der Waals surface area contributed by atoms with Crippen LogP contribution < -0.4 is 10.5 Å². The minimum atomic E-state index is -3.66. The van der Waals surface area contributed by atoms with Crippen LogP contribution in [0.15, 0.2) is 59.5 Å². The number of H-pyrrole nitrogens is 1. The Morgan fingerprint density at radius 3 is 2.26 bits per heavy atom. The Morgan fingerprint density at radius 1 is 1.00 bits per heavy atom. The SMILES string of the molecule is Cc1ccc(S(=O)(=O)Nc2ccc(-c3cc(C(C)(C)C)nc4[nH]nc(N)c34)cc2)cc1. The number of hydrogen-bond donors (Lipinski definition) is 3. The van der Waals surface area contributed by atoms with E-state index in [2.05, 4.69) is 40.7 Å². The van der Waals surface area contributed by atoms with Gasteiger partial charge in [-0.2, -0.15) is 5.10 Å². The van der Waals surface area contributed by atoms with Crippen molar-refractivity contribution >= 4 is 32.6 Å². The number of nitrogens with one attached hydrogen (secondary N) is 2. The van der Waals surface area contributed by atoms with E-state index in [-0.39, 0.29) is 10.3 Å².